The summed E-state index contributed by atoms with van der Waals surface area (Å²) in [5.74, 6) is -0.0327. The van der Waals surface area contributed by atoms with Gasteiger partial charge in [-0.3, -0.25) is 4.79 Å². The summed E-state index contributed by atoms with van der Waals surface area (Å²) in [6, 6.07) is 0. The van der Waals surface area contributed by atoms with E-state index in [1.807, 2.05) is 0 Å². The summed E-state index contributed by atoms with van der Waals surface area (Å²) in [7, 11) is 1.72. The second-order valence-electron chi connectivity index (χ2n) is 6.66. The third-order valence-corrected chi connectivity index (χ3v) is 3.80. The van der Waals surface area contributed by atoms with E-state index in [4.69, 9.17) is 10.5 Å². The molecule has 0 heterocycles. The molecule has 3 N–H and O–H groups in total. The van der Waals surface area contributed by atoms with Crippen LogP contribution >= 0.6 is 0 Å². The predicted molar refractivity (Wildman–Crippen MR) is 73.2 cm³/mol. The zero-order valence-electron chi connectivity index (χ0n) is 12.2. The Morgan fingerprint density at radius 3 is 2.39 bits per heavy atom. The summed E-state index contributed by atoms with van der Waals surface area (Å²) in [6.45, 7) is 7.41. The van der Waals surface area contributed by atoms with Gasteiger partial charge in [0, 0.05) is 20.2 Å². The number of rotatable bonds is 6. The van der Waals surface area contributed by atoms with Crippen molar-refractivity contribution in [3.8, 4) is 0 Å². The fraction of sp³-hybridized carbons (Fsp3) is 0.929. The van der Waals surface area contributed by atoms with E-state index < -0.39 is 0 Å². The molecule has 1 fully saturated rings. The smallest absolute Gasteiger partial charge is 0.224 e. The third-order valence-electron chi connectivity index (χ3n) is 3.80. The SMILES string of the molecule is COC1(CNC(=O)C(CN)CC(C)(C)C)CCC1. The van der Waals surface area contributed by atoms with Crippen LogP contribution in [0.15, 0.2) is 0 Å². The summed E-state index contributed by atoms with van der Waals surface area (Å²) >= 11 is 0. The lowest BCUT2D eigenvalue weighted by atomic mass is 9.79. The van der Waals surface area contributed by atoms with E-state index in [1.54, 1.807) is 7.11 Å². The summed E-state index contributed by atoms with van der Waals surface area (Å²) in [5.41, 5.74) is 5.71. The van der Waals surface area contributed by atoms with E-state index in [1.165, 1.54) is 6.42 Å². The molecular formula is C14H28N2O2. The maximum Gasteiger partial charge on any atom is 0.224 e. The molecule has 1 unspecified atom stereocenters. The van der Waals surface area contributed by atoms with Gasteiger partial charge < -0.3 is 15.8 Å². The van der Waals surface area contributed by atoms with E-state index in [0.717, 1.165) is 19.3 Å². The summed E-state index contributed by atoms with van der Waals surface area (Å²) in [6.07, 6.45) is 4.08. The number of methoxy groups -OCH3 is 1. The van der Waals surface area contributed by atoms with Gasteiger partial charge in [-0.25, -0.2) is 0 Å². The zero-order chi connectivity index (χ0) is 13.8. The molecule has 4 nitrogen and oxygen atoms in total. The minimum Gasteiger partial charge on any atom is -0.376 e. The van der Waals surface area contributed by atoms with Gasteiger partial charge in [-0.1, -0.05) is 20.8 Å². The predicted octanol–water partition coefficient (Wildman–Crippen LogP) is 1.68. The third kappa shape index (κ3) is 4.25. The fourth-order valence-corrected chi connectivity index (χ4v) is 2.44. The molecule has 0 aromatic rings. The zero-order valence-corrected chi connectivity index (χ0v) is 12.2. The molecule has 0 aromatic heterocycles. The van der Waals surface area contributed by atoms with Gasteiger partial charge in [-0.15, -0.1) is 0 Å². The van der Waals surface area contributed by atoms with Crippen LogP contribution in [0.4, 0.5) is 0 Å². The van der Waals surface area contributed by atoms with Crippen molar-refractivity contribution in [2.24, 2.45) is 17.1 Å². The van der Waals surface area contributed by atoms with Crippen LogP contribution in [0.2, 0.25) is 0 Å². The Labute approximate surface area is 111 Å². The van der Waals surface area contributed by atoms with Crippen LogP contribution < -0.4 is 11.1 Å². The highest BCUT2D eigenvalue weighted by molar-refractivity contribution is 5.79. The summed E-state index contributed by atoms with van der Waals surface area (Å²) in [4.78, 5) is 12.1. The molecule has 1 aliphatic carbocycles. The number of hydrogen-bond donors (Lipinski definition) is 2. The molecule has 1 atom stereocenters. The van der Waals surface area contributed by atoms with Crippen LogP contribution in [-0.2, 0) is 9.53 Å². The van der Waals surface area contributed by atoms with Gasteiger partial charge in [0.2, 0.25) is 5.91 Å². The Hall–Kier alpha value is -0.610. The Morgan fingerprint density at radius 2 is 2.06 bits per heavy atom. The topological polar surface area (TPSA) is 64.3 Å². The van der Waals surface area contributed by atoms with Gasteiger partial charge in [0.15, 0.2) is 0 Å². The van der Waals surface area contributed by atoms with Crippen molar-refractivity contribution in [3.05, 3.63) is 0 Å². The average Bonchev–Trinajstić information content (AvgIpc) is 2.23. The van der Waals surface area contributed by atoms with Gasteiger partial charge >= 0.3 is 0 Å². The highest BCUT2D eigenvalue weighted by atomic mass is 16.5. The van der Waals surface area contributed by atoms with Crippen LogP contribution in [-0.4, -0.2) is 31.7 Å². The lowest BCUT2D eigenvalue weighted by Crippen LogP contribution is -2.51. The Morgan fingerprint density at radius 1 is 1.44 bits per heavy atom. The van der Waals surface area contributed by atoms with Crippen LogP contribution in [0.1, 0.15) is 46.5 Å². The minimum absolute atomic E-state index is 0.0655. The molecule has 1 amide bonds. The number of carbonyl (C=O) groups excluding carboxylic acids is 1. The molecule has 0 aliphatic heterocycles. The van der Waals surface area contributed by atoms with Crippen molar-refractivity contribution >= 4 is 5.91 Å². The highest BCUT2D eigenvalue weighted by Crippen LogP contribution is 2.34. The average molecular weight is 256 g/mol. The minimum atomic E-state index is -0.115. The largest absolute Gasteiger partial charge is 0.376 e. The molecular weight excluding hydrogens is 228 g/mol. The Bertz CT molecular complexity index is 274. The van der Waals surface area contributed by atoms with Crippen LogP contribution in [0.5, 0.6) is 0 Å². The van der Waals surface area contributed by atoms with Crippen molar-refractivity contribution in [2.75, 3.05) is 20.2 Å². The van der Waals surface area contributed by atoms with Crippen molar-refractivity contribution in [2.45, 2.75) is 52.1 Å². The second kappa shape index (κ2) is 6.02. The summed E-state index contributed by atoms with van der Waals surface area (Å²) < 4.78 is 5.49. The van der Waals surface area contributed by atoms with Crippen LogP contribution in [0, 0.1) is 11.3 Å². The van der Waals surface area contributed by atoms with Crippen LogP contribution in [0.25, 0.3) is 0 Å². The number of nitrogens with two attached hydrogens (primary N) is 1. The number of hydrogen-bond acceptors (Lipinski definition) is 3. The summed E-state index contributed by atoms with van der Waals surface area (Å²) in [5, 5.41) is 3.01. The normalized spacial score (nSPS) is 20.1. The molecule has 1 saturated carbocycles. The van der Waals surface area contributed by atoms with E-state index in [2.05, 4.69) is 26.1 Å². The Balaban J connectivity index is 2.42. The lowest BCUT2D eigenvalue weighted by molar-refractivity contribution is -0.129. The second-order valence-corrected chi connectivity index (χ2v) is 6.66. The van der Waals surface area contributed by atoms with E-state index in [0.29, 0.717) is 13.1 Å². The van der Waals surface area contributed by atoms with Crippen LogP contribution in [0.3, 0.4) is 0 Å². The molecule has 1 rings (SSSR count). The van der Waals surface area contributed by atoms with Crippen molar-refractivity contribution in [1.82, 2.24) is 5.32 Å². The van der Waals surface area contributed by atoms with Gasteiger partial charge in [-0.2, -0.15) is 0 Å². The van der Waals surface area contributed by atoms with Crippen molar-refractivity contribution in [1.29, 1.82) is 0 Å². The first-order valence-electron chi connectivity index (χ1n) is 6.85. The molecule has 18 heavy (non-hydrogen) atoms. The Kier molecular flexibility index (Phi) is 5.17. The molecule has 106 valence electrons. The number of nitrogens with one attached hydrogen (secondary N) is 1. The monoisotopic (exact) mass is 256 g/mol. The molecule has 0 bridgehead atoms. The maximum absolute atomic E-state index is 12.1. The molecule has 0 saturated heterocycles. The van der Waals surface area contributed by atoms with Crippen molar-refractivity contribution in [3.63, 3.8) is 0 Å². The number of ether oxygens (including phenoxy) is 1. The molecule has 1 aliphatic rings. The first-order valence-corrected chi connectivity index (χ1v) is 6.85. The lowest BCUT2D eigenvalue weighted by Gasteiger charge is -2.40. The molecule has 0 aromatic carbocycles. The van der Waals surface area contributed by atoms with Gasteiger partial charge in [-0.05, 0) is 31.1 Å². The van der Waals surface area contributed by atoms with Gasteiger partial charge in [0.05, 0.1) is 11.5 Å². The highest BCUT2D eigenvalue weighted by Gasteiger charge is 2.37. The standard InChI is InChI=1S/C14H28N2O2/c1-13(2,3)8-11(9-15)12(17)16-10-14(18-4)6-5-7-14/h11H,5-10,15H2,1-4H3,(H,16,17). The maximum atomic E-state index is 12.1. The number of carbonyl (C=O) groups is 1. The molecule has 4 heteroatoms. The molecule has 0 radical (unpaired) electrons. The quantitative estimate of drug-likeness (QED) is 0.760. The first kappa shape index (κ1) is 15.4. The van der Waals surface area contributed by atoms with Gasteiger partial charge in [0.25, 0.3) is 0 Å². The molecule has 0 spiro atoms. The van der Waals surface area contributed by atoms with Crippen molar-refractivity contribution < 1.29 is 9.53 Å². The van der Waals surface area contributed by atoms with E-state index >= 15 is 0 Å². The van der Waals surface area contributed by atoms with Gasteiger partial charge in [0.1, 0.15) is 0 Å². The van der Waals surface area contributed by atoms with E-state index in [9.17, 15) is 4.79 Å². The first-order chi connectivity index (χ1) is 8.32. The number of amides is 1. The van der Waals surface area contributed by atoms with E-state index in [-0.39, 0.29) is 22.8 Å². The fourth-order valence-electron chi connectivity index (χ4n) is 2.44.